The second-order valence-corrected chi connectivity index (χ2v) is 9.19. The van der Waals surface area contributed by atoms with E-state index in [4.69, 9.17) is 4.98 Å². The Morgan fingerprint density at radius 3 is 2.56 bits per heavy atom. The van der Waals surface area contributed by atoms with Gasteiger partial charge in [-0.2, -0.15) is 13.2 Å². The molecule has 1 aliphatic carbocycles. The van der Waals surface area contributed by atoms with E-state index >= 15 is 0 Å². The Bertz CT molecular complexity index is 1460. The number of halogens is 3. The molecular weight excluding hydrogens is 441 g/mol. The van der Waals surface area contributed by atoms with Crippen molar-refractivity contribution in [1.82, 2.24) is 19.4 Å². The predicted octanol–water partition coefficient (Wildman–Crippen LogP) is 5.32. The number of hydrogen-bond acceptors (Lipinski definition) is 3. The zero-order chi connectivity index (χ0) is 23.6. The van der Waals surface area contributed by atoms with Gasteiger partial charge in [0, 0.05) is 48.9 Å². The van der Waals surface area contributed by atoms with E-state index in [0.29, 0.717) is 28.9 Å². The van der Waals surface area contributed by atoms with Gasteiger partial charge in [0.25, 0.3) is 5.56 Å². The predicted molar refractivity (Wildman–Crippen MR) is 124 cm³/mol. The summed E-state index contributed by atoms with van der Waals surface area (Å²) in [6, 6.07) is 12.2. The highest BCUT2D eigenvalue weighted by Crippen LogP contribution is 2.44. The summed E-state index contributed by atoms with van der Waals surface area (Å²) in [5, 5.41) is 4.80. The van der Waals surface area contributed by atoms with Crippen molar-refractivity contribution in [2.45, 2.75) is 37.4 Å². The number of aryl methyl sites for hydroxylation is 1. The maximum absolute atomic E-state index is 12.9. The topological polar surface area (TPSA) is 51.9 Å². The van der Waals surface area contributed by atoms with Gasteiger partial charge in [-0.25, -0.2) is 4.98 Å². The quantitative estimate of drug-likeness (QED) is 0.437. The average Bonchev–Trinajstić information content (AvgIpc) is 2.99. The second-order valence-electron chi connectivity index (χ2n) is 9.19. The molecule has 0 spiro atoms. The largest absolute Gasteiger partial charge is 0.416 e. The molecule has 1 saturated heterocycles. The highest BCUT2D eigenvalue weighted by Gasteiger charge is 2.35. The Balaban J connectivity index is 1.39. The molecule has 2 unspecified atom stereocenters. The van der Waals surface area contributed by atoms with Gasteiger partial charge in [-0.05, 0) is 59.9 Å². The Morgan fingerprint density at radius 1 is 1.03 bits per heavy atom. The van der Waals surface area contributed by atoms with E-state index in [-0.39, 0.29) is 5.56 Å². The molecule has 8 heteroatoms. The molecule has 3 aliphatic rings. The molecule has 1 aromatic carbocycles. The Hall–Kier alpha value is -3.39. The zero-order valence-corrected chi connectivity index (χ0v) is 18.6. The van der Waals surface area contributed by atoms with Crippen molar-refractivity contribution in [2.75, 3.05) is 6.54 Å². The first kappa shape index (κ1) is 21.2. The molecule has 174 valence electrons. The summed E-state index contributed by atoms with van der Waals surface area (Å²) >= 11 is 0. The smallest absolute Gasteiger partial charge is 0.332 e. The van der Waals surface area contributed by atoms with Crippen molar-refractivity contribution < 1.29 is 13.2 Å². The minimum Gasteiger partial charge on any atom is -0.332 e. The van der Waals surface area contributed by atoms with E-state index in [1.807, 2.05) is 6.07 Å². The van der Waals surface area contributed by atoms with Gasteiger partial charge in [0.05, 0.1) is 5.56 Å². The Kier molecular flexibility index (Phi) is 4.71. The van der Waals surface area contributed by atoms with Gasteiger partial charge >= 0.3 is 6.18 Å². The third-order valence-electron chi connectivity index (χ3n) is 7.21. The molecule has 4 aromatic rings. The minimum absolute atomic E-state index is 0.290. The minimum atomic E-state index is -4.39. The highest BCUT2D eigenvalue weighted by atomic mass is 19.4. The van der Waals surface area contributed by atoms with Crippen molar-refractivity contribution in [3.05, 3.63) is 81.9 Å². The van der Waals surface area contributed by atoms with Crippen LogP contribution in [-0.2, 0) is 13.2 Å². The van der Waals surface area contributed by atoms with Crippen LogP contribution in [0.25, 0.3) is 28.0 Å². The number of nitrogens with zero attached hydrogens (tertiary/aromatic N) is 3. The van der Waals surface area contributed by atoms with Crippen LogP contribution < -0.4 is 10.9 Å². The Morgan fingerprint density at radius 2 is 1.82 bits per heavy atom. The molecular formula is C26H23F3N4O. The molecule has 3 aromatic heterocycles. The van der Waals surface area contributed by atoms with Crippen LogP contribution in [0.2, 0.25) is 0 Å². The Labute approximate surface area is 193 Å². The normalized spacial score (nSPS) is 19.9. The summed E-state index contributed by atoms with van der Waals surface area (Å²) in [5.74, 6) is 0.995. The van der Waals surface area contributed by atoms with Crippen LogP contribution in [0, 0.1) is 0 Å². The SMILES string of the molecule is Cn1c2c(c3ccc(-n4ccc(-c5ccc(C(F)(F)F)cc5)cc4=O)nc31)C1CCCC2CN1. The molecule has 0 amide bonds. The fourth-order valence-corrected chi connectivity index (χ4v) is 5.57. The first-order valence-corrected chi connectivity index (χ1v) is 11.4. The van der Waals surface area contributed by atoms with E-state index in [1.54, 1.807) is 12.3 Å². The van der Waals surface area contributed by atoms with Crippen LogP contribution >= 0.6 is 0 Å². The van der Waals surface area contributed by atoms with Crippen molar-refractivity contribution in [2.24, 2.45) is 7.05 Å². The summed E-state index contributed by atoms with van der Waals surface area (Å²) in [7, 11) is 2.05. The molecule has 0 radical (unpaired) electrons. The van der Waals surface area contributed by atoms with Gasteiger partial charge in [0.2, 0.25) is 0 Å². The van der Waals surface area contributed by atoms with E-state index in [2.05, 4.69) is 23.0 Å². The molecule has 2 bridgehead atoms. The van der Waals surface area contributed by atoms with Crippen LogP contribution in [0.4, 0.5) is 13.2 Å². The lowest BCUT2D eigenvalue weighted by atomic mass is 9.93. The number of alkyl halides is 3. The maximum atomic E-state index is 12.9. The van der Waals surface area contributed by atoms with Gasteiger partial charge in [-0.1, -0.05) is 18.6 Å². The molecule has 7 rings (SSSR count). The second kappa shape index (κ2) is 7.56. The summed E-state index contributed by atoms with van der Waals surface area (Å²) < 4.78 is 42.2. The summed E-state index contributed by atoms with van der Waals surface area (Å²) in [4.78, 5) is 17.8. The lowest BCUT2D eigenvalue weighted by molar-refractivity contribution is -0.137. The van der Waals surface area contributed by atoms with Gasteiger partial charge in [-0.3, -0.25) is 9.36 Å². The number of pyridine rings is 2. The average molecular weight is 464 g/mol. The van der Waals surface area contributed by atoms with Crippen LogP contribution in [0.1, 0.15) is 48.0 Å². The van der Waals surface area contributed by atoms with Crippen LogP contribution in [0.3, 0.4) is 0 Å². The van der Waals surface area contributed by atoms with E-state index < -0.39 is 11.7 Å². The van der Waals surface area contributed by atoms with E-state index in [9.17, 15) is 18.0 Å². The van der Waals surface area contributed by atoms with Crippen molar-refractivity contribution in [1.29, 1.82) is 0 Å². The molecule has 5 heterocycles. The maximum Gasteiger partial charge on any atom is 0.416 e. The summed E-state index contributed by atoms with van der Waals surface area (Å²) in [6.45, 7) is 0.986. The monoisotopic (exact) mass is 464 g/mol. The van der Waals surface area contributed by atoms with Crippen LogP contribution in [-0.4, -0.2) is 20.7 Å². The number of rotatable bonds is 2. The molecule has 34 heavy (non-hydrogen) atoms. The third kappa shape index (κ3) is 3.27. The molecule has 2 atom stereocenters. The molecule has 0 saturated carbocycles. The van der Waals surface area contributed by atoms with Crippen molar-refractivity contribution in [3.63, 3.8) is 0 Å². The number of hydrogen-bond donors (Lipinski definition) is 1. The van der Waals surface area contributed by atoms with Gasteiger partial charge in [-0.15, -0.1) is 0 Å². The third-order valence-corrected chi connectivity index (χ3v) is 7.21. The van der Waals surface area contributed by atoms with Crippen molar-refractivity contribution in [3.8, 4) is 16.9 Å². The molecule has 2 aliphatic heterocycles. The van der Waals surface area contributed by atoms with E-state index in [1.165, 1.54) is 46.9 Å². The standard InChI is InChI=1S/C26H23F3N4O/c1-32-24-17-3-2-4-20(30-14-17)23(24)19-9-10-21(31-25(19)32)33-12-11-16(13-22(33)34)15-5-7-18(8-6-15)26(27,28)29/h5-13,17,20,30H,2-4,14H2,1H3. The number of fused-ring (bicyclic) bond motifs is 4. The lowest BCUT2D eigenvalue weighted by Crippen LogP contribution is -2.30. The van der Waals surface area contributed by atoms with Gasteiger partial charge in [0.1, 0.15) is 11.5 Å². The van der Waals surface area contributed by atoms with Crippen LogP contribution in [0.15, 0.2) is 59.5 Å². The van der Waals surface area contributed by atoms with E-state index in [0.717, 1.165) is 36.1 Å². The number of aromatic nitrogens is 3. The number of nitrogens with one attached hydrogen (secondary N) is 1. The van der Waals surface area contributed by atoms with Gasteiger partial charge in [0.15, 0.2) is 0 Å². The first-order valence-electron chi connectivity index (χ1n) is 11.4. The molecule has 5 nitrogen and oxygen atoms in total. The van der Waals surface area contributed by atoms with Gasteiger partial charge < -0.3 is 9.88 Å². The lowest BCUT2D eigenvalue weighted by Gasteiger charge is -2.27. The fourth-order valence-electron chi connectivity index (χ4n) is 5.57. The summed E-state index contributed by atoms with van der Waals surface area (Å²) in [6.07, 6.45) is 0.734. The van der Waals surface area contributed by atoms with Crippen molar-refractivity contribution >= 4 is 11.0 Å². The number of benzene rings is 1. The molecule has 1 N–H and O–H groups in total. The first-order chi connectivity index (χ1) is 16.3. The zero-order valence-electron chi connectivity index (χ0n) is 18.6. The van der Waals surface area contributed by atoms with Crippen LogP contribution in [0.5, 0.6) is 0 Å². The molecule has 1 fully saturated rings. The highest BCUT2D eigenvalue weighted by molar-refractivity contribution is 5.84. The fraction of sp³-hybridized carbons (Fsp3) is 0.308. The summed E-state index contributed by atoms with van der Waals surface area (Å²) in [5.41, 5.74) is 3.66.